The maximum atomic E-state index is 14.7. The summed E-state index contributed by atoms with van der Waals surface area (Å²) >= 11 is 0. The van der Waals surface area contributed by atoms with Crippen molar-refractivity contribution in [1.29, 1.82) is 10.8 Å². The van der Waals surface area contributed by atoms with Crippen molar-refractivity contribution in [2.75, 3.05) is 64.1 Å². The largest absolute Gasteiger partial charge is 0.495 e. The fourth-order valence-corrected chi connectivity index (χ4v) is 6.81. The number of nitrogen functional groups attached to an aromatic ring is 1. The molecule has 3 aromatic rings. The Bertz CT molecular complexity index is 1860. The minimum Gasteiger partial charge on any atom is -0.495 e. The molecule has 2 fully saturated rings. The molecule has 13 heteroatoms. The number of benzene rings is 2. The van der Waals surface area contributed by atoms with E-state index in [0.717, 1.165) is 17.5 Å². The third-order valence-corrected chi connectivity index (χ3v) is 9.62. The molecule has 49 heavy (non-hydrogen) atoms. The molecule has 0 saturated carbocycles. The van der Waals surface area contributed by atoms with Gasteiger partial charge in [0, 0.05) is 61.8 Å². The molecule has 3 aliphatic rings. The van der Waals surface area contributed by atoms with Crippen LogP contribution in [0, 0.1) is 22.1 Å². The first-order valence-electron chi connectivity index (χ1n) is 16.2. The molecule has 12 nitrogen and oxygen atoms in total. The van der Waals surface area contributed by atoms with Crippen molar-refractivity contribution in [3.63, 3.8) is 0 Å². The van der Waals surface area contributed by atoms with Gasteiger partial charge in [0.25, 0.3) is 0 Å². The average Bonchev–Trinajstić information content (AvgIpc) is 3.68. The molecule has 0 radical (unpaired) electrons. The lowest BCUT2D eigenvalue weighted by atomic mass is 9.85. The molecule has 4 heterocycles. The maximum absolute atomic E-state index is 14.7. The van der Waals surface area contributed by atoms with E-state index in [1.165, 1.54) is 31.3 Å². The molecule has 1 atom stereocenters. The second-order valence-electron chi connectivity index (χ2n) is 12.6. The van der Waals surface area contributed by atoms with E-state index in [4.69, 9.17) is 21.3 Å². The summed E-state index contributed by atoms with van der Waals surface area (Å²) < 4.78 is 19.8. The number of pyridine rings is 1. The number of halogens is 1. The normalized spacial score (nSPS) is 19.5. The number of carbonyl (C=O) groups is 2. The number of aromatic nitrogens is 1. The monoisotopic (exact) mass is 665 g/mol. The van der Waals surface area contributed by atoms with Gasteiger partial charge in [0.15, 0.2) is 11.7 Å². The van der Waals surface area contributed by atoms with E-state index in [1.807, 2.05) is 29.2 Å². The number of aliphatic imine (C=N–C) groups is 1. The van der Waals surface area contributed by atoms with Crippen LogP contribution in [0.2, 0.25) is 0 Å². The van der Waals surface area contributed by atoms with Crippen molar-refractivity contribution in [3.8, 4) is 5.75 Å². The van der Waals surface area contributed by atoms with Crippen LogP contribution in [0.4, 0.5) is 15.8 Å². The van der Waals surface area contributed by atoms with E-state index >= 15 is 0 Å². The smallest absolute Gasteiger partial charge is 0.237 e. The Labute approximate surface area is 284 Å². The highest BCUT2D eigenvalue weighted by atomic mass is 19.1. The molecule has 6 rings (SSSR count). The third kappa shape index (κ3) is 6.79. The number of carbonyl (C=O) groups excluding carboxylic acids is 2. The Kier molecular flexibility index (Phi) is 9.54. The summed E-state index contributed by atoms with van der Waals surface area (Å²) in [4.78, 5) is 41.0. The summed E-state index contributed by atoms with van der Waals surface area (Å²) in [7, 11) is 3.14. The number of hydrogen-bond donors (Lipinski definition) is 4. The number of nitrogens with zero attached hydrogens (tertiary/aromatic N) is 5. The van der Waals surface area contributed by atoms with E-state index in [0.29, 0.717) is 51.3 Å². The van der Waals surface area contributed by atoms with Gasteiger partial charge in [-0.2, -0.15) is 0 Å². The van der Waals surface area contributed by atoms with Gasteiger partial charge in [0.05, 0.1) is 37.3 Å². The third-order valence-electron chi connectivity index (χ3n) is 9.62. The van der Waals surface area contributed by atoms with Crippen LogP contribution in [0.15, 0.2) is 65.8 Å². The molecule has 2 saturated heterocycles. The van der Waals surface area contributed by atoms with E-state index in [-0.39, 0.29) is 52.6 Å². The van der Waals surface area contributed by atoms with Crippen molar-refractivity contribution in [2.45, 2.75) is 19.3 Å². The highest BCUT2D eigenvalue weighted by Crippen LogP contribution is 2.43. The van der Waals surface area contributed by atoms with E-state index in [9.17, 15) is 14.0 Å². The number of amidine groups is 1. The molecule has 0 unspecified atom stereocenters. The Morgan fingerprint density at radius 3 is 2.61 bits per heavy atom. The molecule has 5 N–H and O–H groups in total. The summed E-state index contributed by atoms with van der Waals surface area (Å²) in [5.41, 5.74) is 9.39. The molecule has 0 aliphatic carbocycles. The SMILES string of the molecule is CN/C=N\C(=N)c1ccc(C2=CCN(C(=O)CN3CC[C@]4(CCN(c5ccc(N)c(C(=N)c6ncc(OC)cc6F)c5)C4=O)C3)CC2)cc1. The van der Waals surface area contributed by atoms with Crippen molar-refractivity contribution >= 4 is 46.6 Å². The lowest BCUT2D eigenvalue weighted by Crippen LogP contribution is -2.43. The van der Waals surface area contributed by atoms with E-state index in [2.05, 4.69) is 26.3 Å². The first kappa shape index (κ1) is 33.5. The zero-order valence-electron chi connectivity index (χ0n) is 27.6. The van der Waals surface area contributed by atoms with Gasteiger partial charge in [-0.3, -0.25) is 25.3 Å². The molecule has 1 aromatic heterocycles. The second-order valence-corrected chi connectivity index (χ2v) is 12.6. The Balaban J connectivity index is 1.06. The van der Waals surface area contributed by atoms with Gasteiger partial charge in [-0.05, 0) is 55.1 Å². The minimum atomic E-state index is -0.702. The summed E-state index contributed by atoms with van der Waals surface area (Å²) in [5, 5.41) is 19.5. The zero-order valence-corrected chi connectivity index (χ0v) is 27.6. The quantitative estimate of drug-likeness (QED) is 0.154. The minimum absolute atomic E-state index is 0.0148. The first-order chi connectivity index (χ1) is 23.6. The number of likely N-dealkylation sites (tertiary alicyclic amines) is 1. The van der Waals surface area contributed by atoms with Crippen molar-refractivity contribution in [3.05, 3.63) is 89.0 Å². The van der Waals surface area contributed by atoms with Crippen LogP contribution < -0.4 is 20.7 Å². The molecule has 2 aromatic carbocycles. The van der Waals surface area contributed by atoms with Gasteiger partial charge < -0.3 is 25.6 Å². The molecule has 1 spiro atoms. The highest BCUT2D eigenvalue weighted by molar-refractivity contribution is 6.14. The lowest BCUT2D eigenvalue weighted by molar-refractivity contribution is -0.132. The van der Waals surface area contributed by atoms with Crippen molar-refractivity contribution in [1.82, 2.24) is 20.1 Å². The van der Waals surface area contributed by atoms with Crippen molar-refractivity contribution in [2.24, 2.45) is 10.4 Å². The first-order valence-corrected chi connectivity index (χ1v) is 16.2. The Hall–Kier alpha value is -5.43. The van der Waals surface area contributed by atoms with Crippen LogP contribution in [-0.4, -0.2) is 97.9 Å². The van der Waals surface area contributed by atoms with E-state index in [1.54, 1.807) is 30.1 Å². The summed E-state index contributed by atoms with van der Waals surface area (Å²) in [5.74, 6) is -0.248. The summed E-state index contributed by atoms with van der Waals surface area (Å²) in [6.45, 7) is 3.05. The van der Waals surface area contributed by atoms with Gasteiger partial charge >= 0.3 is 0 Å². The molecule has 254 valence electrons. The highest BCUT2D eigenvalue weighted by Gasteiger charge is 2.51. The van der Waals surface area contributed by atoms with Crippen LogP contribution in [0.3, 0.4) is 0 Å². The van der Waals surface area contributed by atoms with Crippen LogP contribution in [0.5, 0.6) is 5.75 Å². The predicted octanol–water partition coefficient (Wildman–Crippen LogP) is 3.55. The number of hydrogen-bond acceptors (Lipinski definition) is 8. The van der Waals surface area contributed by atoms with Crippen LogP contribution >= 0.6 is 0 Å². The van der Waals surface area contributed by atoms with Gasteiger partial charge in [-0.1, -0.05) is 30.3 Å². The fraction of sp³-hybridized carbons (Fsp3) is 0.333. The Morgan fingerprint density at radius 1 is 1.14 bits per heavy atom. The lowest BCUT2D eigenvalue weighted by Gasteiger charge is -2.29. The van der Waals surface area contributed by atoms with Gasteiger partial charge in [-0.15, -0.1) is 0 Å². The standard InChI is InChI=1S/C36H40FN9O3/c1-41-22-43-34(40)25-5-3-23(4-6-25)24-9-13-45(14-10-24)31(47)20-44-15-11-36(21-44)12-16-46(35(36)48)26-7-8-30(38)28(17-26)32(39)33-29(37)18-27(49-2)19-42-33/h3-9,17-19,22,39H,10-16,20-21,38H2,1-2H3,(H2,40,41,43)/t36-/m0/s1. The number of amides is 2. The van der Waals surface area contributed by atoms with Crippen LogP contribution in [-0.2, 0) is 9.59 Å². The number of anilines is 2. The van der Waals surface area contributed by atoms with E-state index < -0.39 is 11.2 Å². The van der Waals surface area contributed by atoms with Crippen LogP contribution in [0.25, 0.3) is 5.57 Å². The number of rotatable bonds is 9. The van der Waals surface area contributed by atoms with Gasteiger partial charge in [-0.25, -0.2) is 14.4 Å². The predicted molar refractivity (Wildman–Crippen MR) is 188 cm³/mol. The topological polar surface area (TPSA) is 164 Å². The van der Waals surface area contributed by atoms with Crippen LogP contribution in [0.1, 0.15) is 41.6 Å². The average molecular weight is 666 g/mol. The summed E-state index contributed by atoms with van der Waals surface area (Å²) in [6, 6.07) is 13.9. The molecular weight excluding hydrogens is 625 g/mol. The Morgan fingerprint density at radius 2 is 1.92 bits per heavy atom. The number of nitrogens with two attached hydrogens (primary N) is 1. The van der Waals surface area contributed by atoms with Gasteiger partial charge in [0.2, 0.25) is 11.8 Å². The summed E-state index contributed by atoms with van der Waals surface area (Å²) in [6.07, 6.45) is 6.96. The number of nitrogens with one attached hydrogen (secondary N) is 3. The molecular formula is C36H40FN9O3. The maximum Gasteiger partial charge on any atom is 0.237 e. The number of methoxy groups -OCH3 is 1. The molecule has 3 aliphatic heterocycles. The second kappa shape index (κ2) is 14.0. The fourth-order valence-electron chi connectivity index (χ4n) is 6.81. The van der Waals surface area contributed by atoms with Crippen molar-refractivity contribution < 1.29 is 18.7 Å². The molecule has 0 bridgehead atoms. The zero-order chi connectivity index (χ0) is 34.7. The number of ether oxygens (including phenoxy) is 1. The van der Waals surface area contributed by atoms with Gasteiger partial charge in [0.1, 0.15) is 11.4 Å². The molecule has 2 amide bonds.